The summed E-state index contributed by atoms with van der Waals surface area (Å²) in [6, 6.07) is 3.70. The second kappa shape index (κ2) is 7.21. The van der Waals surface area contributed by atoms with Crippen LogP contribution in [0, 0.1) is 0 Å². The Morgan fingerprint density at radius 3 is 2.90 bits per heavy atom. The van der Waals surface area contributed by atoms with E-state index < -0.39 is 0 Å². The molecule has 6 heteroatoms. The van der Waals surface area contributed by atoms with Gasteiger partial charge in [-0.15, -0.1) is 0 Å². The molecule has 2 N–H and O–H groups in total. The van der Waals surface area contributed by atoms with Crippen LogP contribution in [-0.2, 0) is 0 Å². The Morgan fingerprint density at radius 1 is 1.45 bits per heavy atom. The summed E-state index contributed by atoms with van der Waals surface area (Å²) in [6.45, 7) is 6.22. The summed E-state index contributed by atoms with van der Waals surface area (Å²) < 4.78 is 0. The summed E-state index contributed by atoms with van der Waals surface area (Å²) in [5, 5.41) is 6.69. The lowest BCUT2D eigenvalue weighted by Gasteiger charge is -2.27. The molecule has 1 aromatic rings. The molecule has 2 rings (SSSR count). The lowest BCUT2D eigenvalue weighted by atomic mass is 10.3. The number of nitrogens with zero attached hydrogens (tertiary/aromatic N) is 3. The number of aromatic nitrogens is 1. The molecule has 6 nitrogen and oxygen atoms in total. The van der Waals surface area contributed by atoms with E-state index in [1.54, 1.807) is 26.4 Å². The van der Waals surface area contributed by atoms with Crippen LogP contribution in [0.2, 0.25) is 0 Å². The van der Waals surface area contributed by atoms with E-state index in [9.17, 15) is 4.79 Å². The van der Waals surface area contributed by atoms with Gasteiger partial charge in [-0.05, 0) is 12.1 Å². The topological polar surface area (TPSA) is 60.5 Å². The number of amides is 1. The van der Waals surface area contributed by atoms with E-state index in [0.717, 1.165) is 45.0 Å². The highest BCUT2D eigenvalue weighted by molar-refractivity contribution is 5.92. The number of rotatable bonds is 5. The van der Waals surface area contributed by atoms with E-state index in [2.05, 4.69) is 20.5 Å². The van der Waals surface area contributed by atoms with E-state index in [1.807, 2.05) is 6.07 Å². The molecule has 0 aromatic carbocycles. The van der Waals surface area contributed by atoms with Gasteiger partial charge in [0.25, 0.3) is 5.91 Å². The number of pyridine rings is 1. The SMILES string of the molecule is CN(C)C(=O)c1cc(NCCN2CCNCC2)ccn1. The van der Waals surface area contributed by atoms with Crippen molar-refractivity contribution in [2.45, 2.75) is 0 Å². The van der Waals surface area contributed by atoms with Crippen LogP contribution >= 0.6 is 0 Å². The van der Waals surface area contributed by atoms with Crippen LogP contribution in [0.25, 0.3) is 0 Å². The summed E-state index contributed by atoms with van der Waals surface area (Å²) >= 11 is 0. The maximum Gasteiger partial charge on any atom is 0.272 e. The molecule has 0 saturated carbocycles. The molecule has 0 bridgehead atoms. The Balaban J connectivity index is 1.83. The van der Waals surface area contributed by atoms with Gasteiger partial charge in [-0.25, -0.2) is 0 Å². The fourth-order valence-corrected chi connectivity index (χ4v) is 2.18. The molecule has 1 amide bonds. The van der Waals surface area contributed by atoms with Crippen LogP contribution in [-0.4, -0.2) is 74.1 Å². The van der Waals surface area contributed by atoms with Gasteiger partial charge in [0, 0.05) is 65.2 Å². The highest BCUT2D eigenvalue weighted by atomic mass is 16.2. The number of anilines is 1. The lowest BCUT2D eigenvalue weighted by Crippen LogP contribution is -2.45. The summed E-state index contributed by atoms with van der Waals surface area (Å²) in [7, 11) is 3.46. The minimum Gasteiger partial charge on any atom is -0.384 e. The van der Waals surface area contributed by atoms with Gasteiger partial charge in [0.15, 0.2) is 0 Å². The molecule has 110 valence electrons. The summed E-state index contributed by atoms with van der Waals surface area (Å²) in [5.74, 6) is -0.0734. The van der Waals surface area contributed by atoms with Crippen LogP contribution in [0.4, 0.5) is 5.69 Å². The number of carbonyl (C=O) groups is 1. The normalized spacial score (nSPS) is 15.9. The van der Waals surface area contributed by atoms with E-state index in [-0.39, 0.29) is 5.91 Å². The second-order valence-corrected chi connectivity index (χ2v) is 5.15. The zero-order valence-electron chi connectivity index (χ0n) is 12.2. The highest BCUT2D eigenvalue weighted by Crippen LogP contribution is 2.09. The Morgan fingerprint density at radius 2 is 2.20 bits per heavy atom. The van der Waals surface area contributed by atoms with Crippen molar-refractivity contribution in [1.29, 1.82) is 0 Å². The van der Waals surface area contributed by atoms with Crippen molar-refractivity contribution in [3.63, 3.8) is 0 Å². The van der Waals surface area contributed by atoms with Crippen molar-refractivity contribution in [1.82, 2.24) is 20.1 Å². The monoisotopic (exact) mass is 277 g/mol. The van der Waals surface area contributed by atoms with Crippen molar-refractivity contribution in [3.8, 4) is 0 Å². The average Bonchev–Trinajstić information content (AvgIpc) is 2.48. The molecule has 20 heavy (non-hydrogen) atoms. The van der Waals surface area contributed by atoms with Gasteiger partial charge in [-0.1, -0.05) is 0 Å². The first-order valence-electron chi connectivity index (χ1n) is 7.01. The molecule has 1 aromatic heterocycles. The molecule has 1 aliphatic heterocycles. The van der Waals surface area contributed by atoms with Crippen LogP contribution in [0.5, 0.6) is 0 Å². The Hall–Kier alpha value is -1.66. The Kier molecular flexibility index (Phi) is 5.31. The molecule has 1 aliphatic rings. The van der Waals surface area contributed by atoms with Crippen LogP contribution < -0.4 is 10.6 Å². The van der Waals surface area contributed by atoms with Gasteiger partial charge in [-0.3, -0.25) is 14.7 Å². The van der Waals surface area contributed by atoms with E-state index in [0.29, 0.717) is 5.69 Å². The zero-order valence-corrected chi connectivity index (χ0v) is 12.2. The first-order chi connectivity index (χ1) is 9.66. The maximum atomic E-state index is 11.8. The number of hydrogen-bond acceptors (Lipinski definition) is 5. The van der Waals surface area contributed by atoms with Crippen LogP contribution in [0.3, 0.4) is 0 Å². The summed E-state index contributed by atoms with van der Waals surface area (Å²) in [6.07, 6.45) is 1.67. The molecular formula is C14H23N5O. The summed E-state index contributed by atoms with van der Waals surface area (Å²) in [4.78, 5) is 19.9. The van der Waals surface area contributed by atoms with Gasteiger partial charge in [0.05, 0.1) is 0 Å². The minimum atomic E-state index is -0.0734. The van der Waals surface area contributed by atoms with Crippen molar-refractivity contribution in [2.75, 3.05) is 58.7 Å². The lowest BCUT2D eigenvalue weighted by molar-refractivity contribution is 0.0822. The van der Waals surface area contributed by atoms with Gasteiger partial charge >= 0.3 is 0 Å². The fourth-order valence-electron chi connectivity index (χ4n) is 2.18. The quantitative estimate of drug-likeness (QED) is 0.799. The Bertz CT molecular complexity index is 443. The highest BCUT2D eigenvalue weighted by Gasteiger charge is 2.11. The van der Waals surface area contributed by atoms with Gasteiger partial charge < -0.3 is 15.5 Å². The zero-order chi connectivity index (χ0) is 14.4. The largest absolute Gasteiger partial charge is 0.384 e. The predicted octanol–water partition coefficient (Wildman–Crippen LogP) is 0.101. The molecule has 0 radical (unpaired) electrons. The first-order valence-corrected chi connectivity index (χ1v) is 7.01. The van der Waals surface area contributed by atoms with Gasteiger partial charge in [0.2, 0.25) is 0 Å². The third-order valence-corrected chi connectivity index (χ3v) is 3.35. The smallest absolute Gasteiger partial charge is 0.272 e. The van der Waals surface area contributed by atoms with Crippen molar-refractivity contribution in [2.24, 2.45) is 0 Å². The number of hydrogen-bond donors (Lipinski definition) is 2. The fraction of sp³-hybridized carbons (Fsp3) is 0.571. The van der Waals surface area contributed by atoms with Gasteiger partial charge in [-0.2, -0.15) is 0 Å². The minimum absolute atomic E-state index is 0.0734. The van der Waals surface area contributed by atoms with Crippen molar-refractivity contribution < 1.29 is 4.79 Å². The maximum absolute atomic E-state index is 11.8. The number of piperazine rings is 1. The number of carbonyl (C=O) groups excluding carboxylic acids is 1. The standard InChI is InChI=1S/C14H23N5O/c1-18(2)14(20)13-11-12(3-4-17-13)16-7-10-19-8-5-15-6-9-19/h3-4,11,15H,5-10H2,1-2H3,(H,16,17). The van der Waals surface area contributed by atoms with E-state index in [1.165, 1.54) is 4.90 Å². The third-order valence-electron chi connectivity index (χ3n) is 3.35. The second-order valence-electron chi connectivity index (χ2n) is 5.15. The van der Waals surface area contributed by atoms with Crippen LogP contribution in [0.1, 0.15) is 10.5 Å². The van der Waals surface area contributed by atoms with E-state index >= 15 is 0 Å². The van der Waals surface area contributed by atoms with Crippen molar-refractivity contribution in [3.05, 3.63) is 24.0 Å². The summed E-state index contributed by atoms with van der Waals surface area (Å²) in [5.41, 5.74) is 1.42. The van der Waals surface area contributed by atoms with Gasteiger partial charge in [0.1, 0.15) is 5.69 Å². The first kappa shape index (κ1) is 14.7. The van der Waals surface area contributed by atoms with Crippen molar-refractivity contribution >= 4 is 11.6 Å². The Labute approximate surface area is 120 Å². The van der Waals surface area contributed by atoms with Crippen LogP contribution in [0.15, 0.2) is 18.3 Å². The molecule has 0 atom stereocenters. The molecule has 0 aliphatic carbocycles. The third kappa shape index (κ3) is 4.18. The molecule has 1 saturated heterocycles. The molecule has 0 spiro atoms. The molecule has 0 unspecified atom stereocenters. The molecule has 1 fully saturated rings. The van der Waals surface area contributed by atoms with E-state index in [4.69, 9.17) is 0 Å². The average molecular weight is 277 g/mol. The molecular weight excluding hydrogens is 254 g/mol. The number of nitrogens with one attached hydrogen (secondary N) is 2. The molecule has 2 heterocycles. The predicted molar refractivity (Wildman–Crippen MR) is 80.1 cm³/mol.